The fourth-order valence-electron chi connectivity index (χ4n) is 1.84. The molecule has 0 aliphatic rings. The van der Waals surface area contributed by atoms with Crippen LogP contribution in [0.1, 0.15) is 18.9 Å². The third-order valence-corrected chi connectivity index (χ3v) is 3.56. The molecular weight excluding hydrogens is 360 g/mol. The van der Waals surface area contributed by atoms with Crippen LogP contribution in [0.25, 0.3) is 0 Å². The number of hydrogen-bond donors (Lipinski definition) is 2. The highest BCUT2D eigenvalue weighted by Gasteiger charge is 2.05. The normalized spacial score (nSPS) is 11.1. The topological polar surface area (TPSA) is 70.9 Å². The fourth-order valence-corrected chi connectivity index (χ4v) is 2.11. The molecule has 0 aliphatic heterocycles. The summed E-state index contributed by atoms with van der Waals surface area (Å²) in [5.41, 5.74) is 4.05. The van der Waals surface area contributed by atoms with E-state index in [1.165, 1.54) is 0 Å². The summed E-state index contributed by atoms with van der Waals surface area (Å²) >= 11 is 3.33. The number of rotatable bonds is 6. The van der Waals surface area contributed by atoms with E-state index in [9.17, 15) is 9.90 Å². The molecule has 0 aliphatic carbocycles. The first kappa shape index (κ1) is 17.0. The number of hydrogen-bond acceptors (Lipinski definition) is 4. The summed E-state index contributed by atoms with van der Waals surface area (Å²) in [5.74, 6) is 0.468. The molecule has 0 unspecified atom stereocenters. The molecule has 0 radical (unpaired) electrons. The van der Waals surface area contributed by atoms with Crippen molar-refractivity contribution in [2.45, 2.75) is 13.3 Å². The van der Waals surface area contributed by atoms with Crippen LogP contribution in [0.4, 0.5) is 0 Å². The monoisotopic (exact) mass is 376 g/mol. The lowest BCUT2D eigenvalue weighted by Gasteiger charge is -2.07. The van der Waals surface area contributed by atoms with Gasteiger partial charge in [0.05, 0.1) is 5.71 Å². The summed E-state index contributed by atoms with van der Waals surface area (Å²) in [6, 6.07) is 13.9. The summed E-state index contributed by atoms with van der Waals surface area (Å²) in [7, 11) is 0. The van der Waals surface area contributed by atoms with Crippen molar-refractivity contribution in [3.05, 3.63) is 58.6 Å². The van der Waals surface area contributed by atoms with Gasteiger partial charge < -0.3 is 9.84 Å². The molecular formula is C17H17BrN2O3. The van der Waals surface area contributed by atoms with Crippen molar-refractivity contribution in [3.63, 3.8) is 0 Å². The van der Waals surface area contributed by atoms with Gasteiger partial charge >= 0.3 is 0 Å². The Morgan fingerprint density at radius 2 is 1.83 bits per heavy atom. The van der Waals surface area contributed by atoms with E-state index in [0.29, 0.717) is 12.2 Å². The molecule has 0 fully saturated rings. The van der Waals surface area contributed by atoms with Crippen LogP contribution in [-0.4, -0.2) is 23.3 Å². The molecule has 2 N–H and O–H groups in total. The van der Waals surface area contributed by atoms with Crippen LogP contribution in [0, 0.1) is 0 Å². The molecule has 23 heavy (non-hydrogen) atoms. The minimum atomic E-state index is -0.336. The second kappa shape index (κ2) is 8.33. The number of phenols is 1. The molecule has 0 heterocycles. The van der Waals surface area contributed by atoms with Crippen LogP contribution >= 0.6 is 15.9 Å². The maximum absolute atomic E-state index is 11.8. The Hall–Kier alpha value is -2.34. The van der Waals surface area contributed by atoms with E-state index in [0.717, 1.165) is 15.7 Å². The molecule has 0 saturated heterocycles. The van der Waals surface area contributed by atoms with Gasteiger partial charge in [-0.25, -0.2) is 5.43 Å². The van der Waals surface area contributed by atoms with Crippen molar-refractivity contribution in [1.29, 1.82) is 0 Å². The van der Waals surface area contributed by atoms with Crippen LogP contribution in [0.2, 0.25) is 0 Å². The third-order valence-electron chi connectivity index (χ3n) is 3.03. The number of benzene rings is 2. The number of phenolic OH excluding ortho intramolecular Hbond substituents is 1. The largest absolute Gasteiger partial charge is 0.508 e. The van der Waals surface area contributed by atoms with E-state index in [-0.39, 0.29) is 18.3 Å². The van der Waals surface area contributed by atoms with E-state index >= 15 is 0 Å². The Morgan fingerprint density at radius 1 is 1.17 bits per heavy atom. The van der Waals surface area contributed by atoms with E-state index in [1.54, 1.807) is 36.4 Å². The Labute approximate surface area is 143 Å². The van der Waals surface area contributed by atoms with Crippen LogP contribution in [0.15, 0.2) is 58.1 Å². The zero-order valence-electron chi connectivity index (χ0n) is 12.6. The van der Waals surface area contributed by atoms with Gasteiger partial charge in [-0.15, -0.1) is 0 Å². The third kappa shape index (κ3) is 5.41. The minimum absolute atomic E-state index is 0.113. The van der Waals surface area contributed by atoms with Crippen molar-refractivity contribution in [2.24, 2.45) is 5.10 Å². The van der Waals surface area contributed by atoms with Crippen LogP contribution in [0.3, 0.4) is 0 Å². The lowest BCUT2D eigenvalue weighted by Crippen LogP contribution is -2.26. The maximum atomic E-state index is 11.8. The number of nitrogens with one attached hydrogen (secondary N) is 1. The number of halogens is 1. The van der Waals surface area contributed by atoms with Crippen molar-refractivity contribution >= 4 is 27.5 Å². The smallest absolute Gasteiger partial charge is 0.277 e. The molecule has 0 bridgehead atoms. The Kier molecular flexibility index (Phi) is 6.17. The number of nitrogens with zero attached hydrogens (tertiary/aromatic N) is 1. The number of amides is 1. The van der Waals surface area contributed by atoms with Crippen LogP contribution in [0.5, 0.6) is 11.5 Å². The van der Waals surface area contributed by atoms with Crippen molar-refractivity contribution in [3.8, 4) is 11.5 Å². The molecule has 6 heteroatoms. The molecule has 2 aromatic carbocycles. The van der Waals surface area contributed by atoms with Gasteiger partial charge in [-0.1, -0.05) is 22.9 Å². The van der Waals surface area contributed by atoms with E-state index in [4.69, 9.17) is 4.74 Å². The molecule has 2 rings (SSSR count). The number of aromatic hydroxyl groups is 1. The fraction of sp³-hybridized carbons (Fsp3) is 0.176. The molecule has 1 amide bonds. The molecule has 0 saturated carbocycles. The summed E-state index contributed by atoms with van der Waals surface area (Å²) in [4.78, 5) is 11.8. The highest BCUT2D eigenvalue weighted by Crippen LogP contribution is 2.16. The van der Waals surface area contributed by atoms with Gasteiger partial charge in [-0.3, -0.25) is 4.79 Å². The standard InChI is InChI=1S/C17H17BrN2O3/c1-2-16(12-3-7-14(21)8-4-12)19-20-17(22)11-23-15-9-5-13(18)6-10-15/h3-10,21H,2,11H2,1H3,(H,20,22). The molecule has 2 aromatic rings. The number of carbonyl (C=O) groups excluding carboxylic acids is 1. The average molecular weight is 377 g/mol. The van der Waals surface area contributed by atoms with Gasteiger partial charge in [0, 0.05) is 4.47 Å². The first-order valence-electron chi connectivity index (χ1n) is 7.11. The van der Waals surface area contributed by atoms with Crippen LogP contribution in [-0.2, 0) is 4.79 Å². The maximum Gasteiger partial charge on any atom is 0.277 e. The van der Waals surface area contributed by atoms with Gasteiger partial charge in [0.15, 0.2) is 6.61 Å². The summed E-state index contributed by atoms with van der Waals surface area (Å²) in [6.07, 6.45) is 0.651. The van der Waals surface area contributed by atoms with Gasteiger partial charge in [0.25, 0.3) is 5.91 Å². The zero-order chi connectivity index (χ0) is 16.7. The van der Waals surface area contributed by atoms with Crippen molar-refractivity contribution in [2.75, 3.05) is 6.61 Å². The van der Waals surface area contributed by atoms with Gasteiger partial charge in [-0.05, 0) is 60.5 Å². The van der Waals surface area contributed by atoms with Gasteiger partial charge in [-0.2, -0.15) is 5.10 Å². The van der Waals surface area contributed by atoms with Crippen molar-refractivity contribution < 1.29 is 14.6 Å². The quantitative estimate of drug-likeness (QED) is 0.598. The van der Waals surface area contributed by atoms with Gasteiger partial charge in [0.2, 0.25) is 0 Å². The SMILES string of the molecule is CCC(=NNC(=O)COc1ccc(Br)cc1)c1ccc(O)cc1. The Morgan fingerprint density at radius 3 is 2.43 bits per heavy atom. The first-order valence-corrected chi connectivity index (χ1v) is 7.91. The average Bonchev–Trinajstić information content (AvgIpc) is 2.56. The second-order valence-corrected chi connectivity index (χ2v) is 5.65. The van der Waals surface area contributed by atoms with E-state index < -0.39 is 0 Å². The van der Waals surface area contributed by atoms with Gasteiger partial charge in [0.1, 0.15) is 11.5 Å². The number of carbonyl (C=O) groups is 1. The first-order chi connectivity index (χ1) is 11.1. The molecule has 5 nitrogen and oxygen atoms in total. The number of hydrazone groups is 1. The molecule has 0 atom stereocenters. The number of ether oxygens (including phenoxy) is 1. The summed E-state index contributed by atoms with van der Waals surface area (Å²) in [5, 5.41) is 13.4. The highest BCUT2D eigenvalue weighted by molar-refractivity contribution is 9.10. The van der Waals surface area contributed by atoms with E-state index in [1.807, 2.05) is 19.1 Å². The molecule has 0 spiro atoms. The minimum Gasteiger partial charge on any atom is -0.508 e. The zero-order valence-corrected chi connectivity index (χ0v) is 14.2. The lowest BCUT2D eigenvalue weighted by atomic mass is 10.1. The molecule has 0 aromatic heterocycles. The lowest BCUT2D eigenvalue weighted by molar-refractivity contribution is -0.123. The van der Waals surface area contributed by atoms with Crippen LogP contribution < -0.4 is 10.2 Å². The predicted molar refractivity (Wildman–Crippen MR) is 92.7 cm³/mol. The van der Waals surface area contributed by atoms with Crippen molar-refractivity contribution in [1.82, 2.24) is 5.43 Å². The Bertz CT molecular complexity index is 682. The van der Waals surface area contributed by atoms with E-state index in [2.05, 4.69) is 26.5 Å². The Balaban J connectivity index is 1.90. The second-order valence-electron chi connectivity index (χ2n) is 4.74. The highest BCUT2D eigenvalue weighted by atomic mass is 79.9. The summed E-state index contributed by atoms with van der Waals surface area (Å²) < 4.78 is 6.32. The molecule has 120 valence electrons. The summed E-state index contributed by atoms with van der Waals surface area (Å²) in [6.45, 7) is 1.83. The predicted octanol–water partition coefficient (Wildman–Crippen LogP) is 3.46.